The molecule has 2 nitrogen and oxygen atoms in total. The molecule has 2 aromatic heterocycles. The monoisotopic (exact) mass is 174 g/mol. The number of aryl methyl sites for hydroxylation is 3. The fourth-order valence-electron chi connectivity index (χ4n) is 1.77. The summed E-state index contributed by atoms with van der Waals surface area (Å²) in [6.07, 6.45) is 2.94. The third-order valence-electron chi connectivity index (χ3n) is 2.66. The fraction of sp³-hybridized carbons (Fsp3) is 0.364. The quantitative estimate of drug-likeness (QED) is 0.707. The molecule has 0 bridgehead atoms. The van der Waals surface area contributed by atoms with E-state index in [0.717, 1.165) is 12.1 Å². The van der Waals surface area contributed by atoms with Crippen LogP contribution in [0.5, 0.6) is 0 Å². The Labute approximate surface area is 78.0 Å². The fourth-order valence-corrected chi connectivity index (χ4v) is 1.77. The van der Waals surface area contributed by atoms with Gasteiger partial charge in [-0.15, -0.1) is 0 Å². The molecule has 0 saturated carbocycles. The van der Waals surface area contributed by atoms with Gasteiger partial charge in [-0.05, 0) is 37.5 Å². The van der Waals surface area contributed by atoms with E-state index in [1.807, 2.05) is 6.20 Å². The van der Waals surface area contributed by atoms with Crippen molar-refractivity contribution in [1.29, 1.82) is 0 Å². The average molecular weight is 174 g/mol. The van der Waals surface area contributed by atoms with Gasteiger partial charge in [0.2, 0.25) is 0 Å². The molecule has 68 valence electrons. The molecule has 0 aliphatic rings. The van der Waals surface area contributed by atoms with E-state index in [2.05, 4.69) is 36.8 Å². The minimum atomic E-state index is 1.02. The Kier molecular flexibility index (Phi) is 1.83. The number of rotatable bonds is 1. The molecule has 2 heterocycles. The largest absolute Gasteiger partial charge is 0.343 e. The zero-order chi connectivity index (χ0) is 9.42. The summed E-state index contributed by atoms with van der Waals surface area (Å²) >= 11 is 0. The maximum atomic E-state index is 4.32. The number of pyridine rings is 1. The first-order chi connectivity index (χ1) is 6.24. The Morgan fingerprint density at radius 3 is 2.85 bits per heavy atom. The van der Waals surface area contributed by atoms with E-state index in [0.29, 0.717) is 0 Å². The SMILES string of the molecule is CCc1ccnc2[nH]c(C)c(C)c12. The Hall–Kier alpha value is -1.31. The Morgan fingerprint density at radius 2 is 2.15 bits per heavy atom. The molecule has 2 aromatic rings. The minimum Gasteiger partial charge on any atom is -0.343 e. The van der Waals surface area contributed by atoms with Gasteiger partial charge in [0.15, 0.2) is 0 Å². The minimum absolute atomic E-state index is 1.02. The lowest BCUT2D eigenvalue weighted by atomic mass is 10.1. The van der Waals surface area contributed by atoms with Crippen molar-refractivity contribution in [1.82, 2.24) is 9.97 Å². The van der Waals surface area contributed by atoms with Gasteiger partial charge >= 0.3 is 0 Å². The van der Waals surface area contributed by atoms with Crippen LogP contribution in [0.3, 0.4) is 0 Å². The van der Waals surface area contributed by atoms with Crippen LogP contribution in [0.25, 0.3) is 11.0 Å². The molecular weight excluding hydrogens is 160 g/mol. The van der Waals surface area contributed by atoms with Gasteiger partial charge in [-0.3, -0.25) is 0 Å². The highest BCUT2D eigenvalue weighted by Gasteiger charge is 2.07. The topological polar surface area (TPSA) is 28.7 Å². The van der Waals surface area contributed by atoms with Gasteiger partial charge < -0.3 is 4.98 Å². The van der Waals surface area contributed by atoms with E-state index in [9.17, 15) is 0 Å². The smallest absolute Gasteiger partial charge is 0.137 e. The average Bonchev–Trinajstić information content (AvgIpc) is 2.43. The van der Waals surface area contributed by atoms with E-state index < -0.39 is 0 Å². The van der Waals surface area contributed by atoms with Crippen molar-refractivity contribution in [3.63, 3.8) is 0 Å². The molecule has 0 radical (unpaired) electrons. The first-order valence-electron chi connectivity index (χ1n) is 4.66. The number of fused-ring (bicyclic) bond motifs is 1. The maximum absolute atomic E-state index is 4.32. The first kappa shape index (κ1) is 8.30. The lowest BCUT2D eigenvalue weighted by Gasteiger charge is -1.98. The molecule has 2 heteroatoms. The number of aromatic nitrogens is 2. The summed E-state index contributed by atoms with van der Waals surface area (Å²) in [6.45, 7) is 6.42. The van der Waals surface area contributed by atoms with Crippen molar-refractivity contribution in [3.8, 4) is 0 Å². The second kappa shape index (κ2) is 2.87. The second-order valence-corrected chi connectivity index (χ2v) is 3.42. The van der Waals surface area contributed by atoms with Crippen LogP contribution in [0.15, 0.2) is 12.3 Å². The van der Waals surface area contributed by atoms with E-state index in [1.165, 1.54) is 22.2 Å². The Balaban J connectivity index is 2.87. The van der Waals surface area contributed by atoms with E-state index >= 15 is 0 Å². The summed E-state index contributed by atoms with van der Waals surface area (Å²) in [5.74, 6) is 0. The van der Waals surface area contributed by atoms with Crippen LogP contribution in [0.1, 0.15) is 23.7 Å². The highest BCUT2D eigenvalue weighted by Crippen LogP contribution is 2.23. The van der Waals surface area contributed by atoms with E-state index in [4.69, 9.17) is 0 Å². The zero-order valence-corrected chi connectivity index (χ0v) is 8.31. The standard InChI is InChI=1S/C11H14N2/c1-4-9-5-6-12-11-10(9)7(2)8(3)13-11/h5-6H,4H2,1-3H3,(H,12,13). The predicted octanol–water partition coefficient (Wildman–Crippen LogP) is 2.74. The number of nitrogens with one attached hydrogen (secondary N) is 1. The van der Waals surface area contributed by atoms with Crippen LogP contribution in [-0.4, -0.2) is 9.97 Å². The molecule has 0 saturated heterocycles. The molecule has 0 atom stereocenters. The normalized spacial score (nSPS) is 11.0. The first-order valence-corrected chi connectivity index (χ1v) is 4.66. The summed E-state index contributed by atoms with van der Waals surface area (Å²) < 4.78 is 0. The Bertz CT molecular complexity index is 441. The summed E-state index contributed by atoms with van der Waals surface area (Å²) in [6, 6.07) is 2.10. The number of hydrogen-bond donors (Lipinski definition) is 1. The van der Waals surface area contributed by atoms with Crippen molar-refractivity contribution in [2.24, 2.45) is 0 Å². The highest BCUT2D eigenvalue weighted by atomic mass is 14.9. The molecule has 0 unspecified atom stereocenters. The molecule has 0 aliphatic heterocycles. The summed E-state index contributed by atoms with van der Waals surface area (Å²) in [7, 11) is 0. The second-order valence-electron chi connectivity index (χ2n) is 3.42. The molecule has 2 rings (SSSR count). The van der Waals surface area contributed by atoms with Crippen LogP contribution < -0.4 is 0 Å². The van der Waals surface area contributed by atoms with Gasteiger partial charge in [-0.25, -0.2) is 4.98 Å². The third-order valence-corrected chi connectivity index (χ3v) is 2.66. The summed E-state index contributed by atoms with van der Waals surface area (Å²) in [5.41, 5.74) is 4.96. The summed E-state index contributed by atoms with van der Waals surface area (Å²) in [4.78, 5) is 7.61. The van der Waals surface area contributed by atoms with Crippen LogP contribution in [0.4, 0.5) is 0 Å². The van der Waals surface area contributed by atoms with Gasteiger partial charge in [0, 0.05) is 17.3 Å². The lowest BCUT2D eigenvalue weighted by Crippen LogP contribution is -1.84. The van der Waals surface area contributed by atoms with Gasteiger partial charge in [-0.1, -0.05) is 6.92 Å². The Morgan fingerprint density at radius 1 is 1.38 bits per heavy atom. The van der Waals surface area contributed by atoms with Gasteiger partial charge in [-0.2, -0.15) is 0 Å². The molecule has 0 spiro atoms. The number of H-pyrrole nitrogens is 1. The van der Waals surface area contributed by atoms with E-state index in [1.54, 1.807) is 0 Å². The van der Waals surface area contributed by atoms with Gasteiger partial charge in [0.05, 0.1) is 0 Å². The van der Waals surface area contributed by atoms with Gasteiger partial charge in [0.1, 0.15) is 5.65 Å². The molecule has 0 aromatic carbocycles. The predicted molar refractivity (Wildman–Crippen MR) is 54.9 cm³/mol. The van der Waals surface area contributed by atoms with Crippen LogP contribution in [0, 0.1) is 13.8 Å². The van der Waals surface area contributed by atoms with Crippen LogP contribution >= 0.6 is 0 Å². The molecule has 0 fully saturated rings. The van der Waals surface area contributed by atoms with Crippen molar-refractivity contribution < 1.29 is 0 Å². The van der Waals surface area contributed by atoms with Crippen molar-refractivity contribution >= 4 is 11.0 Å². The summed E-state index contributed by atoms with van der Waals surface area (Å²) in [5, 5.41) is 1.31. The van der Waals surface area contributed by atoms with Crippen molar-refractivity contribution in [3.05, 3.63) is 29.1 Å². The highest BCUT2D eigenvalue weighted by molar-refractivity contribution is 5.84. The molecule has 13 heavy (non-hydrogen) atoms. The molecular formula is C11H14N2. The third kappa shape index (κ3) is 1.13. The number of hydrogen-bond acceptors (Lipinski definition) is 1. The van der Waals surface area contributed by atoms with Crippen LogP contribution in [0.2, 0.25) is 0 Å². The van der Waals surface area contributed by atoms with E-state index in [-0.39, 0.29) is 0 Å². The maximum Gasteiger partial charge on any atom is 0.137 e. The van der Waals surface area contributed by atoms with Crippen LogP contribution in [-0.2, 0) is 6.42 Å². The molecule has 0 amide bonds. The number of nitrogens with zero attached hydrogens (tertiary/aromatic N) is 1. The lowest BCUT2D eigenvalue weighted by molar-refractivity contribution is 1.14. The molecule has 0 aliphatic carbocycles. The van der Waals surface area contributed by atoms with Crippen molar-refractivity contribution in [2.45, 2.75) is 27.2 Å². The number of aromatic amines is 1. The van der Waals surface area contributed by atoms with Gasteiger partial charge in [0.25, 0.3) is 0 Å². The molecule has 1 N–H and O–H groups in total. The zero-order valence-electron chi connectivity index (χ0n) is 8.31. The van der Waals surface area contributed by atoms with Crippen molar-refractivity contribution in [2.75, 3.05) is 0 Å².